The molecule has 1 heterocycles. The first-order valence-electron chi connectivity index (χ1n) is 9.03. The minimum atomic E-state index is -0.500. The Hall–Kier alpha value is -3.11. The number of nitrogens with zero attached hydrogens (tertiary/aromatic N) is 1. The number of rotatable bonds is 4. The topological polar surface area (TPSA) is 46.6 Å². The van der Waals surface area contributed by atoms with E-state index in [2.05, 4.69) is 0 Å². The van der Waals surface area contributed by atoms with Crippen molar-refractivity contribution >= 4 is 29.2 Å². The Morgan fingerprint density at radius 2 is 1.64 bits per heavy atom. The lowest BCUT2D eigenvalue weighted by Crippen LogP contribution is -2.27. The molecule has 1 atom stereocenters. The summed E-state index contributed by atoms with van der Waals surface area (Å²) in [5.41, 5.74) is 2.84. The summed E-state index contributed by atoms with van der Waals surface area (Å²) in [5, 5.41) is 0.551. The molecule has 3 aromatic carbocycles. The van der Waals surface area contributed by atoms with Gasteiger partial charge in [0.15, 0.2) is 0 Å². The number of carbonyl (C=O) groups excluding carboxylic acids is 2. The Morgan fingerprint density at radius 3 is 2.36 bits per heavy atom. The van der Waals surface area contributed by atoms with Gasteiger partial charge in [0.2, 0.25) is 5.91 Å². The van der Waals surface area contributed by atoms with Crippen LogP contribution in [0.1, 0.15) is 6.42 Å². The third-order valence-electron chi connectivity index (χ3n) is 4.76. The fourth-order valence-corrected chi connectivity index (χ4v) is 3.49. The molecule has 1 aliphatic rings. The zero-order valence-electron chi connectivity index (χ0n) is 15.0. The van der Waals surface area contributed by atoms with Crippen LogP contribution in [-0.2, 0) is 9.59 Å². The first-order valence-corrected chi connectivity index (χ1v) is 9.41. The number of hydrogen-bond donors (Lipinski definition) is 0. The molecule has 0 aliphatic carbocycles. The van der Waals surface area contributed by atoms with E-state index in [0.717, 1.165) is 11.1 Å². The molecule has 4 nitrogen and oxygen atoms in total. The van der Waals surface area contributed by atoms with E-state index in [1.807, 2.05) is 42.5 Å². The molecular formula is C23H18ClNO3. The van der Waals surface area contributed by atoms with Crippen molar-refractivity contribution in [1.29, 1.82) is 0 Å². The number of amides is 1. The van der Waals surface area contributed by atoms with Gasteiger partial charge in [-0.05, 0) is 41.5 Å². The summed E-state index contributed by atoms with van der Waals surface area (Å²) in [7, 11) is 0. The molecule has 0 aromatic heterocycles. The molecule has 0 spiro atoms. The highest BCUT2D eigenvalue weighted by atomic mass is 35.5. The lowest BCUT2D eigenvalue weighted by molar-refractivity contribution is -0.139. The van der Waals surface area contributed by atoms with Gasteiger partial charge in [0.1, 0.15) is 5.75 Å². The fraction of sp³-hybridized carbons (Fsp3) is 0.130. The standard InChI is InChI=1S/C23H18ClNO3/c24-19-7-4-8-20(14-19)25-15-18(13-22(25)26)23(27)28-21-11-9-17(10-12-21)16-5-2-1-3-6-16/h1-12,14,18H,13,15H2/t18-/m1/s1. The quantitative estimate of drug-likeness (QED) is 0.466. The van der Waals surface area contributed by atoms with Crippen molar-refractivity contribution in [3.63, 3.8) is 0 Å². The van der Waals surface area contributed by atoms with Gasteiger partial charge in [-0.25, -0.2) is 0 Å². The van der Waals surface area contributed by atoms with Crippen molar-refractivity contribution in [2.45, 2.75) is 6.42 Å². The molecule has 28 heavy (non-hydrogen) atoms. The highest BCUT2D eigenvalue weighted by Crippen LogP contribution is 2.29. The molecular weight excluding hydrogens is 374 g/mol. The summed E-state index contributed by atoms with van der Waals surface area (Å²) in [4.78, 5) is 26.4. The molecule has 0 unspecified atom stereocenters. The summed E-state index contributed by atoms with van der Waals surface area (Å²) < 4.78 is 5.50. The number of ether oxygens (including phenoxy) is 1. The van der Waals surface area contributed by atoms with Crippen molar-refractivity contribution in [3.8, 4) is 16.9 Å². The lowest BCUT2D eigenvalue weighted by Gasteiger charge is -2.16. The highest BCUT2D eigenvalue weighted by Gasteiger charge is 2.36. The molecule has 0 radical (unpaired) electrons. The maximum Gasteiger partial charge on any atom is 0.316 e. The van der Waals surface area contributed by atoms with Crippen LogP contribution < -0.4 is 9.64 Å². The van der Waals surface area contributed by atoms with Crippen LogP contribution in [0.3, 0.4) is 0 Å². The molecule has 1 fully saturated rings. The Balaban J connectivity index is 1.42. The summed E-state index contributed by atoms with van der Waals surface area (Å²) in [6.45, 7) is 0.292. The van der Waals surface area contributed by atoms with E-state index in [1.54, 1.807) is 41.3 Å². The third kappa shape index (κ3) is 3.92. The third-order valence-corrected chi connectivity index (χ3v) is 4.99. The summed E-state index contributed by atoms with van der Waals surface area (Å²) in [6.07, 6.45) is 0.132. The second kappa shape index (κ2) is 7.87. The molecule has 5 heteroatoms. The molecule has 140 valence electrons. The van der Waals surface area contributed by atoms with Gasteiger partial charge in [0.25, 0.3) is 0 Å². The van der Waals surface area contributed by atoms with Gasteiger partial charge in [-0.3, -0.25) is 9.59 Å². The van der Waals surface area contributed by atoms with Crippen LogP contribution in [0.5, 0.6) is 5.75 Å². The molecule has 0 saturated carbocycles. The minimum absolute atomic E-state index is 0.108. The summed E-state index contributed by atoms with van der Waals surface area (Å²) in [6, 6.07) is 24.4. The number of anilines is 1. The minimum Gasteiger partial charge on any atom is -0.426 e. The highest BCUT2D eigenvalue weighted by molar-refractivity contribution is 6.31. The smallest absolute Gasteiger partial charge is 0.316 e. The molecule has 0 bridgehead atoms. The van der Waals surface area contributed by atoms with Crippen LogP contribution >= 0.6 is 11.6 Å². The average Bonchev–Trinajstić information content (AvgIpc) is 3.11. The SMILES string of the molecule is O=C(Oc1ccc(-c2ccccc2)cc1)[C@@H]1CC(=O)N(c2cccc(Cl)c2)C1. The fourth-order valence-electron chi connectivity index (χ4n) is 3.30. The van der Waals surface area contributed by atoms with Crippen LogP contribution in [0, 0.1) is 5.92 Å². The second-order valence-electron chi connectivity index (χ2n) is 6.70. The van der Waals surface area contributed by atoms with Gasteiger partial charge < -0.3 is 9.64 Å². The molecule has 1 aliphatic heterocycles. The summed E-state index contributed by atoms with van der Waals surface area (Å²) >= 11 is 6.00. The van der Waals surface area contributed by atoms with Crippen LogP contribution in [0.2, 0.25) is 5.02 Å². The number of halogens is 1. The Morgan fingerprint density at radius 1 is 0.929 bits per heavy atom. The van der Waals surface area contributed by atoms with Crippen LogP contribution in [-0.4, -0.2) is 18.4 Å². The maximum atomic E-state index is 12.5. The number of carbonyl (C=O) groups is 2. The predicted octanol–water partition coefficient (Wildman–Crippen LogP) is 4.97. The molecule has 4 rings (SSSR count). The Bertz CT molecular complexity index is 1000. The molecule has 3 aromatic rings. The van der Waals surface area contributed by atoms with E-state index in [-0.39, 0.29) is 12.3 Å². The predicted molar refractivity (Wildman–Crippen MR) is 109 cm³/mol. The van der Waals surface area contributed by atoms with Crippen molar-refractivity contribution < 1.29 is 14.3 Å². The van der Waals surface area contributed by atoms with Crippen LogP contribution in [0.15, 0.2) is 78.9 Å². The van der Waals surface area contributed by atoms with Crippen molar-refractivity contribution in [1.82, 2.24) is 0 Å². The van der Waals surface area contributed by atoms with E-state index in [9.17, 15) is 9.59 Å². The van der Waals surface area contributed by atoms with E-state index in [1.165, 1.54) is 0 Å². The number of esters is 1. The van der Waals surface area contributed by atoms with Gasteiger partial charge >= 0.3 is 5.97 Å². The summed E-state index contributed by atoms with van der Waals surface area (Å²) in [5.74, 6) is -0.535. The van der Waals surface area contributed by atoms with Crippen LogP contribution in [0.25, 0.3) is 11.1 Å². The van der Waals surface area contributed by atoms with Crippen LogP contribution in [0.4, 0.5) is 5.69 Å². The number of hydrogen-bond acceptors (Lipinski definition) is 3. The monoisotopic (exact) mass is 391 g/mol. The zero-order valence-corrected chi connectivity index (χ0v) is 15.8. The van der Waals surface area contributed by atoms with E-state index < -0.39 is 11.9 Å². The lowest BCUT2D eigenvalue weighted by atomic mass is 10.1. The van der Waals surface area contributed by atoms with Gasteiger partial charge in [-0.1, -0.05) is 60.1 Å². The maximum absolute atomic E-state index is 12.5. The van der Waals surface area contributed by atoms with Gasteiger partial charge in [0.05, 0.1) is 5.92 Å². The zero-order chi connectivity index (χ0) is 19.5. The first-order chi connectivity index (χ1) is 13.6. The average molecular weight is 392 g/mol. The Kier molecular flexibility index (Phi) is 5.13. The second-order valence-corrected chi connectivity index (χ2v) is 7.13. The normalized spacial score (nSPS) is 16.2. The Labute approximate surface area is 168 Å². The van der Waals surface area contributed by atoms with Gasteiger partial charge in [0, 0.05) is 23.7 Å². The first kappa shape index (κ1) is 18.3. The van der Waals surface area contributed by atoms with Crippen molar-refractivity contribution in [3.05, 3.63) is 83.9 Å². The van der Waals surface area contributed by atoms with E-state index >= 15 is 0 Å². The van der Waals surface area contributed by atoms with Crippen molar-refractivity contribution in [2.24, 2.45) is 5.92 Å². The molecule has 1 saturated heterocycles. The van der Waals surface area contributed by atoms with Gasteiger partial charge in [-0.15, -0.1) is 0 Å². The largest absolute Gasteiger partial charge is 0.426 e. The molecule has 1 amide bonds. The van der Waals surface area contributed by atoms with E-state index in [4.69, 9.17) is 16.3 Å². The van der Waals surface area contributed by atoms with Crippen molar-refractivity contribution in [2.75, 3.05) is 11.4 Å². The van der Waals surface area contributed by atoms with E-state index in [0.29, 0.717) is 23.0 Å². The van der Waals surface area contributed by atoms with Gasteiger partial charge in [-0.2, -0.15) is 0 Å². The molecule has 0 N–H and O–H groups in total. The number of benzene rings is 3.